The maximum absolute atomic E-state index is 12.7. The van der Waals surface area contributed by atoms with E-state index in [1.54, 1.807) is 24.3 Å². The number of methoxy groups -OCH3 is 2. The topological polar surface area (TPSA) is 152 Å². The van der Waals surface area contributed by atoms with Gasteiger partial charge in [0.25, 0.3) is 10.0 Å². The van der Waals surface area contributed by atoms with E-state index < -0.39 is 10.0 Å². The number of oxazole rings is 1. The van der Waals surface area contributed by atoms with E-state index in [0.717, 1.165) is 0 Å². The number of rotatable bonds is 8. The fourth-order valence-electron chi connectivity index (χ4n) is 2.86. The SMILES string of the molecule is COc1cc(NS(=O)(=O)c2ccc(NC=C(C#N)c3nc4ccccc4o3)cc2)nc(OC)n1. The normalized spacial score (nSPS) is 11.6. The molecule has 0 saturated heterocycles. The molecule has 0 saturated carbocycles. The van der Waals surface area contributed by atoms with Crippen LogP contribution in [-0.2, 0) is 10.0 Å². The molecule has 0 bridgehead atoms. The third-order valence-electron chi connectivity index (χ3n) is 4.51. The summed E-state index contributed by atoms with van der Waals surface area (Å²) < 4.78 is 43.4. The summed E-state index contributed by atoms with van der Waals surface area (Å²) in [6.07, 6.45) is 1.44. The highest BCUT2D eigenvalue weighted by Gasteiger charge is 2.17. The van der Waals surface area contributed by atoms with Crippen molar-refractivity contribution < 1.29 is 22.3 Å². The molecule has 0 spiro atoms. The first-order chi connectivity index (χ1) is 16.4. The van der Waals surface area contributed by atoms with Gasteiger partial charge >= 0.3 is 6.01 Å². The summed E-state index contributed by atoms with van der Waals surface area (Å²) >= 11 is 0. The van der Waals surface area contributed by atoms with Crippen LogP contribution in [0, 0.1) is 11.3 Å². The number of para-hydroxylation sites is 2. The highest BCUT2D eigenvalue weighted by Crippen LogP contribution is 2.23. The van der Waals surface area contributed by atoms with Gasteiger partial charge in [0.1, 0.15) is 17.2 Å². The molecular formula is C22H18N6O5S. The predicted molar refractivity (Wildman–Crippen MR) is 124 cm³/mol. The van der Waals surface area contributed by atoms with Crippen LogP contribution < -0.4 is 19.5 Å². The first-order valence-electron chi connectivity index (χ1n) is 9.74. The predicted octanol–water partition coefficient (Wildman–Crippen LogP) is 3.41. The summed E-state index contributed by atoms with van der Waals surface area (Å²) in [6.45, 7) is 0. The van der Waals surface area contributed by atoms with E-state index in [9.17, 15) is 13.7 Å². The Labute approximate surface area is 194 Å². The average Bonchev–Trinajstić information content (AvgIpc) is 3.28. The fourth-order valence-corrected chi connectivity index (χ4v) is 3.86. The first-order valence-corrected chi connectivity index (χ1v) is 11.2. The van der Waals surface area contributed by atoms with Crippen molar-refractivity contribution in [2.45, 2.75) is 4.90 Å². The van der Waals surface area contributed by atoms with Crippen molar-refractivity contribution in [1.82, 2.24) is 15.0 Å². The summed E-state index contributed by atoms with van der Waals surface area (Å²) in [4.78, 5) is 12.2. The molecule has 34 heavy (non-hydrogen) atoms. The highest BCUT2D eigenvalue weighted by molar-refractivity contribution is 7.92. The second-order valence-electron chi connectivity index (χ2n) is 6.71. The minimum atomic E-state index is -3.95. The van der Waals surface area contributed by atoms with Gasteiger partial charge in [-0.05, 0) is 36.4 Å². The van der Waals surface area contributed by atoms with E-state index in [0.29, 0.717) is 16.8 Å². The van der Waals surface area contributed by atoms with E-state index >= 15 is 0 Å². The second kappa shape index (κ2) is 9.47. The number of ether oxygens (including phenoxy) is 2. The smallest absolute Gasteiger partial charge is 0.321 e. The number of allylic oxidation sites excluding steroid dienone is 1. The Morgan fingerprint density at radius 2 is 1.82 bits per heavy atom. The number of anilines is 2. The Balaban J connectivity index is 1.50. The van der Waals surface area contributed by atoms with Crippen LogP contribution >= 0.6 is 0 Å². The lowest BCUT2D eigenvalue weighted by atomic mass is 10.3. The Morgan fingerprint density at radius 1 is 1.06 bits per heavy atom. The Bertz CT molecular complexity index is 1450. The maximum atomic E-state index is 12.7. The zero-order chi connectivity index (χ0) is 24.1. The number of nitriles is 1. The summed E-state index contributed by atoms with van der Waals surface area (Å²) in [6, 6.07) is 16.4. The number of nitrogens with zero attached hydrogens (tertiary/aromatic N) is 4. The molecule has 11 nitrogen and oxygen atoms in total. The van der Waals surface area contributed by atoms with Gasteiger partial charge in [-0.3, -0.25) is 4.72 Å². The molecule has 2 N–H and O–H groups in total. The molecule has 0 amide bonds. The zero-order valence-corrected chi connectivity index (χ0v) is 18.8. The Hall–Kier alpha value is -4.63. The minimum Gasteiger partial charge on any atom is -0.481 e. The number of aromatic nitrogens is 3. The number of hydrogen-bond acceptors (Lipinski definition) is 10. The molecule has 2 heterocycles. The molecule has 4 aromatic rings. The van der Waals surface area contributed by atoms with E-state index in [4.69, 9.17) is 13.9 Å². The van der Waals surface area contributed by atoms with Crippen molar-refractivity contribution in [3.05, 3.63) is 66.7 Å². The van der Waals surface area contributed by atoms with Crippen LogP contribution in [0.4, 0.5) is 11.5 Å². The van der Waals surface area contributed by atoms with Gasteiger partial charge in [0.15, 0.2) is 11.4 Å². The van der Waals surface area contributed by atoms with Gasteiger partial charge in [0.2, 0.25) is 11.8 Å². The van der Waals surface area contributed by atoms with Gasteiger partial charge in [0, 0.05) is 18.0 Å². The van der Waals surface area contributed by atoms with Gasteiger partial charge in [0.05, 0.1) is 19.1 Å². The van der Waals surface area contributed by atoms with Crippen LogP contribution in [0.5, 0.6) is 11.9 Å². The van der Waals surface area contributed by atoms with Gasteiger partial charge < -0.3 is 19.2 Å². The van der Waals surface area contributed by atoms with E-state index in [1.165, 1.54) is 38.6 Å². The maximum Gasteiger partial charge on any atom is 0.321 e. The zero-order valence-electron chi connectivity index (χ0n) is 18.0. The number of fused-ring (bicyclic) bond motifs is 1. The lowest BCUT2D eigenvalue weighted by Crippen LogP contribution is -2.14. The van der Waals surface area contributed by atoms with Crippen LogP contribution in [0.25, 0.3) is 16.7 Å². The summed E-state index contributed by atoms with van der Waals surface area (Å²) in [5.41, 5.74) is 1.94. The van der Waals surface area contributed by atoms with Crippen molar-refractivity contribution >= 4 is 38.2 Å². The standard InChI is InChI=1S/C22H18N6O5S/c1-31-20-11-19(26-22(27-20)32-2)28-34(29,30)16-9-7-15(8-10-16)24-13-14(12-23)21-25-17-5-3-4-6-18(17)33-21/h3-11,13,24H,1-2H3,(H,26,27,28). The largest absolute Gasteiger partial charge is 0.481 e. The Kier molecular flexibility index (Phi) is 6.28. The third-order valence-corrected chi connectivity index (χ3v) is 5.88. The van der Waals surface area contributed by atoms with Crippen molar-refractivity contribution in [2.24, 2.45) is 0 Å². The molecule has 4 rings (SSSR count). The molecule has 0 aliphatic heterocycles. The quantitative estimate of drug-likeness (QED) is 0.360. The van der Waals surface area contributed by atoms with Crippen LogP contribution in [0.2, 0.25) is 0 Å². The second-order valence-corrected chi connectivity index (χ2v) is 8.40. The molecule has 12 heteroatoms. The van der Waals surface area contributed by atoms with Crippen molar-refractivity contribution in [1.29, 1.82) is 5.26 Å². The van der Waals surface area contributed by atoms with Crippen molar-refractivity contribution in [2.75, 3.05) is 24.3 Å². The van der Waals surface area contributed by atoms with Gasteiger partial charge in [-0.15, -0.1) is 0 Å². The summed E-state index contributed by atoms with van der Waals surface area (Å²) in [5, 5.41) is 12.4. The number of nitrogens with one attached hydrogen (secondary N) is 2. The fraction of sp³-hybridized carbons (Fsp3) is 0.0909. The van der Waals surface area contributed by atoms with Gasteiger partial charge in [-0.1, -0.05) is 12.1 Å². The lowest BCUT2D eigenvalue weighted by molar-refractivity contribution is 0.353. The van der Waals surface area contributed by atoms with E-state index in [-0.39, 0.29) is 34.1 Å². The number of benzene rings is 2. The van der Waals surface area contributed by atoms with E-state index in [2.05, 4.69) is 25.0 Å². The van der Waals surface area contributed by atoms with Gasteiger partial charge in [-0.25, -0.2) is 13.4 Å². The average molecular weight is 478 g/mol. The molecule has 0 atom stereocenters. The van der Waals surface area contributed by atoms with Crippen LogP contribution in [-0.4, -0.2) is 37.6 Å². The van der Waals surface area contributed by atoms with Crippen LogP contribution in [0.15, 0.2) is 70.1 Å². The van der Waals surface area contributed by atoms with Crippen LogP contribution in [0.3, 0.4) is 0 Å². The number of sulfonamides is 1. The molecule has 172 valence electrons. The molecule has 0 aliphatic rings. The molecule has 0 radical (unpaired) electrons. The minimum absolute atomic E-state index is 0.00182. The molecule has 0 aliphatic carbocycles. The third kappa shape index (κ3) is 4.89. The van der Waals surface area contributed by atoms with E-state index in [1.807, 2.05) is 18.2 Å². The molecule has 0 unspecified atom stereocenters. The molecule has 2 aromatic heterocycles. The molecular weight excluding hydrogens is 460 g/mol. The Morgan fingerprint density at radius 3 is 2.50 bits per heavy atom. The molecule has 0 fully saturated rings. The van der Waals surface area contributed by atoms with Crippen molar-refractivity contribution in [3.8, 4) is 18.0 Å². The van der Waals surface area contributed by atoms with Crippen molar-refractivity contribution in [3.63, 3.8) is 0 Å². The monoisotopic (exact) mass is 478 g/mol. The highest BCUT2D eigenvalue weighted by atomic mass is 32.2. The molecule has 2 aromatic carbocycles. The lowest BCUT2D eigenvalue weighted by Gasteiger charge is -2.10. The first kappa shape index (κ1) is 22.6. The van der Waals surface area contributed by atoms with Crippen LogP contribution in [0.1, 0.15) is 5.89 Å². The van der Waals surface area contributed by atoms with Gasteiger partial charge in [-0.2, -0.15) is 15.2 Å². The summed E-state index contributed by atoms with van der Waals surface area (Å²) in [5.74, 6) is 0.310. The summed E-state index contributed by atoms with van der Waals surface area (Å²) in [7, 11) is -1.20. The number of hydrogen-bond donors (Lipinski definition) is 2.